The molecule has 0 unspecified atom stereocenters. The lowest BCUT2D eigenvalue weighted by Crippen LogP contribution is -2.30. The van der Waals surface area contributed by atoms with Crippen molar-refractivity contribution in [3.8, 4) is 0 Å². The summed E-state index contributed by atoms with van der Waals surface area (Å²) in [7, 11) is 0. The number of esters is 1. The first-order valence-electron chi connectivity index (χ1n) is 6.61. The zero-order valence-electron chi connectivity index (χ0n) is 12.1. The van der Waals surface area contributed by atoms with Crippen molar-refractivity contribution in [2.24, 2.45) is 5.41 Å². The molecular formula is C16H24O2. The molecule has 0 aromatic heterocycles. The van der Waals surface area contributed by atoms with Crippen molar-refractivity contribution in [3.63, 3.8) is 0 Å². The lowest BCUT2D eigenvalue weighted by Gasteiger charge is -2.28. The number of hydrogen-bond donors (Lipinski definition) is 0. The summed E-state index contributed by atoms with van der Waals surface area (Å²) >= 11 is 0. The fourth-order valence-electron chi connectivity index (χ4n) is 1.66. The van der Waals surface area contributed by atoms with Gasteiger partial charge in [0.05, 0.1) is 5.92 Å². The predicted octanol–water partition coefficient (Wildman–Crippen LogP) is 4.16. The van der Waals surface area contributed by atoms with Crippen molar-refractivity contribution in [1.29, 1.82) is 0 Å². The maximum absolute atomic E-state index is 12.2. The average molecular weight is 248 g/mol. The molecule has 0 heterocycles. The van der Waals surface area contributed by atoms with Crippen LogP contribution in [-0.4, -0.2) is 12.1 Å². The van der Waals surface area contributed by atoms with Crippen molar-refractivity contribution in [2.75, 3.05) is 0 Å². The first kappa shape index (κ1) is 14.7. The van der Waals surface area contributed by atoms with Crippen LogP contribution in [0.3, 0.4) is 0 Å². The van der Waals surface area contributed by atoms with Gasteiger partial charge in [0.15, 0.2) is 0 Å². The van der Waals surface area contributed by atoms with Crippen LogP contribution < -0.4 is 0 Å². The summed E-state index contributed by atoms with van der Waals surface area (Å²) in [6.45, 7) is 10.2. The van der Waals surface area contributed by atoms with Gasteiger partial charge in [-0.05, 0) is 24.3 Å². The van der Waals surface area contributed by atoms with Crippen molar-refractivity contribution in [1.82, 2.24) is 0 Å². The number of rotatable bonds is 4. The number of carbonyl (C=O) groups is 1. The summed E-state index contributed by atoms with van der Waals surface area (Å²) in [4.78, 5) is 12.2. The van der Waals surface area contributed by atoms with Crippen molar-refractivity contribution in [2.45, 2.75) is 53.1 Å². The van der Waals surface area contributed by atoms with Crippen LogP contribution in [0.25, 0.3) is 0 Å². The molecule has 0 aliphatic heterocycles. The van der Waals surface area contributed by atoms with E-state index in [4.69, 9.17) is 4.74 Å². The normalized spacial score (nSPS) is 14.9. The minimum absolute atomic E-state index is 0.0232. The molecule has 1 rings (SSSR count). The summed E-state index contributed by atoms with van der Waals surface area (Å²) in [5.74, 6) is -0.276. The fourth-order valence-corrected chi connectivity index (χ4v) is 1.66. The highest BCUT2D eigenvalue weighted by atomic mass is 16.5. The van der Waals surface area contributed by atoms with Crippen molar-refractivity contribution >= 4 is 5.97 Å². The van der Waals surface area contributed by atoms with Crippen LogP contribution in [0.1, 0.15) is 52.5 Å². The Hall–Kier alpha value is -1.31. The van der Waals surface area contributed by atoms with Gasteiger partial charge in [0.1, 0.15) is 6.10 Å². The van der Waals surface area contributed by atoms with Crippen molar-refractivity contribution < 1.29 is 9.53 Å². The molecule has 2 atom stereocenters. The molecule has 1 aromatic rings. The van der Waals surface area contributed by atoms with Gasteiger partial charge in [0.2, 0.25) is 0 Å². The number of benzene rings is 1. The lowest BCUT2D eigenvalue weighted by molar-refractivity contribution is -0.155. The molecule has 0 amide bonds. The van der Waals surface area contributed by atoms with E-state index in [1.807, 2.05) is 44.2 Å². The molecule has 2 heteroatoms. The van der Waals surface area contributed by atoms with Gasteiger partial charge in [0, 0.05) is 0 Å². The third-order valence-corrected chi connectivity index (χ3v) is 3.41. The van der Waals surface area contributed by atoms with E-state index in [2.05, 4.69) is 20.8 Å². The molecule has 0 N–H and O–H groups in total. The minimum atomic E-state index is -0.156. The number of carbonyl (C=O) groups excluding carboxylic acids is 1. The van der Waals surface area contributed by atoms with Gasteiger partial charge in [-0.3, -0.25) is 4.79 Å². The van der Waals surface area contributed by atoms with E-state index >= 15 is 0 Å². The SMILES string of the molecule is CC[C@@H](C(=O)O[C@@H](C)C(C)(C)C)c1ccccc1. The second-order valence-corrected chi connectivity index (χ2v) is 5.82. The highest BCUT2D eigenvalue weighted by molar-refractivity contribution is 5.78. The van der Waals surface area contributed by atoms with Crippen LogP contribution in [0, 0.1) is 5.41 Å². The van der Waals surface area contributed by atoms with Crippen LogP contribution in [-0.2, 0) is 9.53 Å². The molecule has 100 valence electrons. The van der Waals surface area contributed by atoms with Crippen LogP contribution in [0.5, 0.6) is 0 Å². The Labute approximate surface area is 110 Å². The third-order valence-electron chi connectivity index (χ3n) is 3.41. The molecule has 0 aliphatic carbocycles. The Kier molecular flexibility index (Phi) is 4.94. The van der Waals surface area contributed by atoms with E-state index in [0.29, 0.717) is 0 Å². The third kappa shape index (κ3) is 3.86. The van der Waals surface area contributed by atoms with Crippen LogP contribution in [0.4, 0.5) is 0 Å². The quantitative estimate of drug-likeness (QED) is 0.748. The average Bonchev–Trinajstić information content (AvgIpc) is 2.30. The summed E-state index contributed by atoms with van der Waals surface area (Å²) in [5, 5.41) is 0. The molecule has 0 saturated heterocycles. The Bertz CT molecular complexity index is 376. The Morgan fingerprint density at radius 3 is 2.22 bits per heavy atom. The van der Waals surface area contributed by atoms with E-state index in [1.54, 1.807) is 0 Å². The molecule has 0 bridgehead atoms. The van der Waals surface area contributed by atoms with E-state index in [0.717, 1.165) is 12.0 Å². The number of ether oxygens (including phenoxy) is 1. The fraction of sp³-hybridized carbons (Fsp3) is 0.562. The smallest absolute Gasteiger partial charge is 0.313 e. The molecule has 0 aliphatic rings. The number of hydrogen-bond acceptors (Lipinski definition) is 2. The molecule has 0 spiro atoms. The van der Waals surface area contributed by atoms with Crippen LogP contribution in [0.15, 0.2) is 30.3 Å². The maximum Gasteiger partial charge on any atom is 0.313 e. The van der Waals surface area contributed by atoms with Gasteiger partial charge in [0.25, 0.3) is 0 Å². The lowest BCUT2D eigenvalue weighted by atomic mass is 9.90. The van der Waals surface area contributed by atoms with Crippen molar-refractivity contribution in [3.05, 3.63) is 35.9 Å². The molecule has 0 fully saturated rings. The van der Waals surface area contributed by atoms with Gasteiger partial charge in [-0.25, -0.2) is 0 Å². The minimum Gasteiger partial charge on any atom is -0.462 e. The molecule has 18 heavy (non-hydrogen) atoms. The largest absolute Gasteiger partial charge is 0.462 e. The predicted molar refractivity (Wildman–Crippen MR) is 74.5 cm³/mol. The maximum atomic E-state index is 12.2. The Morgan fingerprint density at radius 1 is 1.22 bits per heavy atom. The van der Waals surface area contributed by atoms with Gasteiger partial charge in [-0.1, -0.05) is 58.0 Å². The summed E-state index contributed by atoms with van der Waals surface area (Å²) in [6.07, 6.45) is 0.683. The van der Waals surface area contributed by atoms with Crippen LogP contribution >= 0.6 is 0 Å². The molecule has 2 nitrogen and oxygen atoms in total. The van der Waals surface area contributed by atoms with E-state index in [-0.39, 0.29) is 23.4 Å². The summed E-state index contributed by atoms with van der Waals surface area (Å²) < 4.78 is 5.58. The Morgan fingerprint density at radius 2 is 1.78 bits per heavy atom. The van der Waals surface area contributed by atoms with E-state index in [1.165, 1.54) is 0 Å². The van der Waals surface area contributed by atoms with Gasteiger partial charge < -0.3 is 4.74 Å². The zero-order valence-corrected chi connectivity index (χ0v) is 12.1. The first-order valence-corrected chi connectivity index (χ1v) is 6.61. The summed E-state index contributed by atoms with van der Waals surface area (Å²) in [6, 6.07) is 9.84. The van der Waals surface area contributed by atoms with Gasteiger partial charge >= 0.3 is 5.97 Å². The summed E-state index contributed by atoms with van der Waals surface area (Å²) in [5.41, 5.74) is 1.01. The van der Waals surface area contributed by atoms with Gasteiger partial charge in [-0.15, -0.1) is 0 Å². The second kappa shape index (κ2) is 6.03. The Balaban J connectivity index is 2.76. The zero-order chi connectivity index (χ0) is 13.8. The second-order valence-electron chi connectivity index (χ2n) is 5.82. The first-order chi connectivity index (χ1) is 8.36. The molecule has 0 radical (unpaired) electrons. The van der Waals surface area contributed by atoms with E-state index < -0.39 is 0 Å². The monoisotopic (exact) mass is 248 g/mol. The standard InChI is InChI=1S/C16H24O2/c1-6-14(13-10-8-7-9-11-13)15(17)18-12(2)16(3,4)5/h7-12,14H,6H2,1-5H3/t12-,14+/m0/s1. The van der Waals surface area contributed by atoms with Crippen LogP contribution in [0.2, 0.25) is 0 Å². The van der Waals surface area contributed by atoms with Gasteiger partial charge in [-0.2, -0.15) is 0 Å². The topological polar surface area (TPSA) is 26.3 Å². The van der Waals surface area contributed by atoms with E-state index in [9.17, 15) is 4.79 Å². The highest BCUT2D eigenvalue weighted by Gasteiger charge is 2.27. The molecule has 0 saturated carbocycles. The molecule has 1 aromatic carbocycles. The molecular weight excluding hydrogens is 224 g/mol. The highest BCUT2D eigenvalue weighted by Crippen LogP contribution is 2.26.